The van der Waals surface area contributed by atoms with Gasteiger partial charge in [0.05, 0.1) is 6.61 Å². The Hall–Kier alpha value is -2.77. The number of pyridine rings is 1. The molecule has 1 aliphatic heterocycles. The van der Waals surface area contributed by atoms with Gasteiger partial charge in [-0.2, -0.15) is 0 Å². The minimum atomic E-state index is -0.818. The molecule has 2 aromatic rings. The van der Waals surface area contributed by atoms with E-state index in [4.69, 9.17) is 9.47 Å². The average molecular weight is 550 g/mol. The minimum absolute atomic E-state index is 0.0266. The largest absolute Gasteiger partial charge is 0.353 e. The lowest BCUT2D eigenvalue weighted by Gasteiger charge is -2.37. The van der Waals surface area contributed by atoms with Crippen molar-refractivity contribution in [2.24, 2.45) is 11.8 Å². The Morgan fingerprint density at radius 2 is 1.85 bits per heavy atom. The molecule has 1 aromatic carbocycles. The molecule has 2 heterocycles. The summed E-state index contributed by atoms with van der Waals surface area (Å²) in [5, 5.41) is 3.29. The van der Waals surface area contributed by atoms with Crippen LogP contribution >= 0.6 is 0 Å². The van der Waals surface area contributed by atoms with E-state index >= 15 is 0 Å². The highest BCUT2D eigenvalue weighted by atomic mass is 16.7. The number of benzene rings is 1. The summed E-state index contributed by atoms with van der Waals surface area (Å²) < 4.78 is 11.7. The van der Waals surface area contributed by atoms with Gasteiger partial charge in [-0.1, -0.05) is 65.2 Å². The fourth-order valence-corrected chi connectivity index (χ4v) is 6.01. The van der Waals surface area contributed by atoms with E-state index in [1.165, 1.54) is 12.0 Å². The maximum absolute atomic E-state index is 14.3. The molecule has 2 fully saturated rings. The van der Waals surface area contributed by atoms with Crippen LogP contribution in [0.15, 0.2) is 48.8 Å². The average Bonchev–Trinajstić information content (AvgIpc) is 2.93. The summed E-state index contributed by atoms with van der Waals surface area (Å²) in [6.45, 7) is 11.6. The van der Waals surface area contributed by atoms with Crippen LogP contribution in [0.3, 0.4) is 0 Å². The zero-order valence-electron chi connectivity index (χ0n) is 24.9. The molecule has 1 aromatic heterocycles. The monoisotopic (exact) mass is 549 g/mol. The van der Waals surface area contributed by atoms with E-state index in [1.807, 2.05) is 31.2 Å². The summed E-state index contributed by atoms with van der Waals surface area (Å²) in [5.74, 6) is -0.00844. The molecular weight excluding hydrogens is 502 g/mol. The number of nitrogens with one attached hydrogen (secondary N) is 1. The third-order valence-corrected chi connectivity index (χ3v) is 8.20. The fraction of sp³-hybridized carbons (Fsp3) is 0.606. The van der Waals surface area contributed by atoms with Crippen LogP contribution in [0.25, 0.3) is 0 Å². The molecule has 3 unspecified atom stereocenters. The number of nitrogens with zero attached hydrogens (tertiary/aromatic N) is 2. The molecule has 0 bridgehead atoms. The van der Waals surface area contributed by atoms with Crippen LogP contribution in [0, 0.1) is 11.8 Å². The van der Waals surface area contributed by atoms with Gasteiger partial charge in [0.15, 0.2) is 6.29 Å². The molecule has 0 radical (unpaired) electrons. The summed E-state index contributed by atoms with van der Waals surface area (Å²) in [4.78, 5) is 34.3. The van der Waals surface area contributed by atoms with E-state index in [2.05, 4.69) is 50.1 Å². The molecular formula is C33H47N3O4. The zero-order valence-corrected chi connectivity index (χ0v) is 24.9. The molecule has 40 heavy (non-hydrogen) atoms. The highest BCUT2D eigenvalue weighted by molar-refractivity contribution is 6.01. The number of carbonyl (C=O) groups is 2. The van der Waals surface area contributed by atoms with E-state index in [-0.39, 0.29) is 47.8 Å². The summed E-state index contributed by atoms with van der Waals surface area (Å²) in [5.41, 5.74) is 2.56. The van der Waals surface area contributed by atoms with Crippen molar-refractivity contribution in [3.8, 4) is 0 Å². The smallest absolute Gasteiger partial charge is 0.248 e. The molecule has 7 nitrogen and oxygen atoms in total. The Morgan fingerprint density at radius 1 is 1.12 bits per heavy atom. The van der Waals surface area contributed by atoms with Gasteiger partial charge in [0.2, 0.25) is 11.8 Å². The van der Waals surface area contributed by atoms with Crippen molar-refractivity contribution in [2.75, 3.05) is 18.1 Å². The molecule has 7 heteroatoms. The van der Waals surface area contributed by atoms with Crippen LogP contribution in [-0.4, -0.2) is 42.3 Å². The number of ether oxygens (including phenoxy) is 2. The summed E-state index contributed by atoms with van der Waals surface area (Å²) in [6.07, 6.45) is 9.65. The van der Waals surface area contributed by atoms with Gasteiger partial charge in [-0.25, -0.2) is 0 Å². The Morgan fingerprint density at radius 3 is 2.45 bits per heavy atom. The second kappa shape index (κ2) is 13.7. The van der Waals surface area contributed by atoms with Crippen molar-refractivity contribution >= 4 is 17.5 Å². The predicted octanol–water partition coefficient (Wildman–Crippen LogP) is 6.33. The molecule has 1 saturated carbocycles. The molecule has 1 aliphatic carbocycles. The first kappa shape index (κ1) is 30.2. The second-order valence-corrected chi connectivity index (χ2v) is 12.5. The fourth-order valence-electron chi connectivity index (χ4n) is 6.01. The lowest BCUT2D eigenvalue weighted by molar-refractivity contribution is -0.200. The first-order valence-electron chi connectivity index (χ1n) is 15.0. The van der Waals surface area contributed by atoms with Crippen molar-refractivity contribution in [1.29, 1.82) is 0 Å². The first-order chi connectivity index (χ1) is 19.2. The maximum atomic E-state index is 14.3. The van der Waals surface area contributed by atoms with Crippen LogP contribution in [0.5, 0.6) is 0 Å². The molecule has 1 saturated heterocycles. The number of anilines is 1. The Bertz CT molecular complexity index is 1090. The Labute approximate surface area is 240 Å². The van der Waals surface area contributed by atoms with E-state index in [0.29, 0.717) is 24.5 Å². The topological polar surface area (TPSA) is 80.8 Å². The standard InChI is InChI=1S/C33H47N3O4/c1-6-39-32-23(2)19-24(22-40-32)20-29(37)36(28-16-14-26(15-17-28)33(3,4)5)30(25-11-10-18-34-21-25)31(38)35-27-12-8-7-9-13-27/h10-11,14-18,21,23-24,27,30,32H,6-9,12-13,19-20,22H2,1-5H3,(H,35,38)/t23?,24?,30?,32-/m1/s1. The van der Waals surface area contributed by atoms with Gasteiger partial charge in [-0.15, -0.1) is 0 Å². The van der Waals surface area contributed by atoms with Crippen molar-refractivity contribution in [1.82, 2.24) is 10.3 Å². The van der Waals surface area contributed by atoms with Crippen LogP contribution in [-0.2, 0) is 24.5 Å². The third-order valence-electron chi connectivity index (χ3n) is 8.20. The maximum Gasteiger partial charge on any atom is 0.248 e. The number of hydrogen-bond acceptors (Lipinski definition) is 5. The van der Waals surface area contributed by atoms with Gasteiger partial charge in [0.1, 0.15) is 6.04 Å². The van der Waals surface area contributed by atoms with E-state index in [1.54, 1.807) is 17.3 Å². The van der Waals surface area contributed by atoms with Crippen molar-refractivity contribution < 1.29 is 19.1 Å². The van der Waals surface area contributed by atoms with Gasteiger partial charge >= 0.3 is 0 Å². The summed E-state index contributed by atoms with van der Waals surface area (Å²) in [7, 11) is 0. The third kappa shape index (κ3) is 7.70. The van der Waals surface area contributed by atoms with E-state index in [0.717, 1.165) is 32.1 Å². The number of carbonyl (C=O) groups excluding carboxylic acids is 2. The number of aromatic nitrogens is 1. The molecule has 4 rings (SSSR count). The van der Waals surface area contributed by atoms with Gasteiger partial charge in [0, 0.05) is 48.6 Å². The first-order valence-corrected chi connectivity index (χ1v) is 15.0. The molecule has 2 amide bonds. The lowest BCUT2D eigenvalue weighted by Crippen LogP contribution is -2.48. The van der Waals surface area contributed by atoms with E-state index < -0.39 is 6.04 Å². The summed E-state index contributed by atoms with van der Waals surface area (Å²) in [6, 6.07) is 11.1. The molecule has 1 N–H and O–H groups in total. The second-order valence-electron chi connectivity index (χ2n) is 12.5. The Balaban J connectivity index is 1.66. The lowest BCUT2D eigenvalue weighted by atomic mass is 9.87. The zero-order chi connectivity index (χ0) is 28.7. The molecule has 218 valence electrons. The normalized spacial score (nSPS) is 22.9. The van der Waals surface area contributed by atoms with Crippen LogP contribution < -0.4 is 10.2 Å². The minimum Gasteiger partial charge on any atom is -0.353 e. The Kier molecular flexibility index (Phi) is 10.4. The van der Waals surface area contributed by atoms with E-state index in [9.17, 15) is 9.59 Å². The van der Waals surface area contributed by atoms with Gasteiger partial charge in [-0.05, 0) is 61.3 Å². The summed E-state index contributed by atoms with van der Waals surface area (Å²) >= 11 is 0. The predicted molar refractivity (Wildman–Crippen MR) is 158 cm³/mol. The number of rotatable bonds is 9. The highest BCUT2D eigenvalue weighted by Crippen LogP contribution is 2.34. The number of hydrogen-bond donors (Lipinski definition) is 1. The number of amides is 2. The van der Waals surface area contributed by atoms with Crippen LogP contribution in [0.4, 0.5) is 5.69 Å². The molecule has 2 aliphatic rings. The van der Waals surface area contributed by atoms with Crippen LogP contribution in [0.1, 0.15) is 96.7 Å². The van der Waals surface area contributed by atoms with Gasteiger partial charge < -0.3 is 14.8 Å². The van der Waals surface area contributed by atoms with Gasteiger partial charge in [-0.3, -0.25) is 19.5 Å². The molecule has 4 atom stereocenters. The SMILES string of the molecule is CCO[C@@H]1OCC(CC(=O)N(c2ccc(C(C)(C)C)cc2)C(C(=O)NC2CCCCC2)c2cccnc2)CC1C. The van der Waals surface area contributed by atoms with Crippen molar-refractivity contribution in [3.63, 3.8) is 0 Å². The van der Waals surface area contributed by atoms with Crippen molar-refractivity contribution in [3.05, 3.63) is 59.9 Å². The highest BCUT2D eigenvalue weighted by Gasteiger charge is 2.37. The van der Waals surface area contributed by atoms with Gasteiger partial charge in [0.25, 0.3) is 0 Å². The molecule has 0 spiro atoms. The van der Waals surface area contributed by atoms with Crippen LogP contribution in [0.2, 0.25) is 0 Å². The quantitative estimate of drug-likeness (QED) is 0.395. The van der Waals surface area contributed by atoms with Crippen molar-refractivity contribution in [2.45, 2.75) is 103 Å².